The maximum atomic E-state index is 9.16. The van der Waals surface area contributed by atoms with Crippen LogP contribution in [0.1, 0.15) is 24.8 Å². The fraction of sp³-hybridized carbons (Fsp3) is 0.588. The van der Waals surface area contributed by atoms with Crippen molar-refractivity contribution in [1.82, 2.24) is 9.80 Å². The highest BCUT2D eigenvalue weighted by molar-refractivity contribution is 5.39. The van der Waals surface area contributed by atoms with Crippen LogP contribution < -0.4 is 4.74 Å². The van der Waals surface area contributed by atoms with Crippen LogP contribution in [0, 0.1) is 11.3 Å². The molecule has 0 N–H and O–H groups in total. The van der Waals surface area contributed by atoms with Crippen LogP contribution in [-0.2, 0) is 0 Å². The molecule has 4 heteroatoms. The van der Waals surface area contributed by atoms with Crippen molar-refractivity contribution in [3.8, 4) is 11.8 Å². The molecule has 0 aliphatic carbocycles. The van der Waals surface area contributed by atoms with Crippen molar-refractivity contribution in [2.45, 2.75) is 25.3 Å². The summed E-state index contributed by atoms with van der Waals surface area (Å²) in [4.78, 5) is 4.83. The first-order chi connectivity index (χ1) is 10.3. The molecule has 2 aliphatic rings. The highest BCUT2D eigenvalue weighted by Gasteiger charge is 2.28. The second-order valence-electron chi connectivity index (χ2n) is 5.94. The number of ether oxygens (including phenoxy) is 1. The maximum absolute atomic E-state index is 9.16. The molecule has 1 saturated heterocycles. The first kappa shape index (κ1) is 14.4. The molecular weight excluding hydrogens is 262 g/mol. The molecule has 0 bridgehead atoms. The Kier molecular flexibility index (Phi) is 4.42. The van der Waals surface area contributed by atoms with E-state index < -0.39 is 0 Å². The minimum Gasteiger partial charge on any atom is -0.493 e. The van der Waals surface area contributed by atoms with Crippen LogP contribution in [0.15, 0.2) is 24.3 Å². The third-order valence-electron chi connectivity index (χ3n) is 4.66. The minimum absolute atomic E-state index is 0.0858. The molecule has 0 amide bonds. The van der Waals surface area contributed by atoms with Gasteiger partial charge >= 0.3 is 0 Å². The number of nitrogens with zero attached hydrogens (tertiary/aromatic N) is 3. The zero-order valence-corrected chi connectivity index (χ0v) is 12.7. The molecule has 0 saturated carbocycles. The Labute approximate surface area is 126 Å². The predicted octanol–water partition coefficient (Wildman–Crippen LogP) is 2.08. The van der Waals surface area contributed by atoms with Gasteiger partial charge in [0.05, 0.1) is 18.7 Å². The lowest BCUT2D eigenvalue weighted by Gasteiger charge is -2.37. The van der Waals surface area contributed by atoms with Crippen LogP contribution in [-0.4, -0.2) is 55.2 Å². The molecule has 2 unspecified atom stereocenters. The molecular formula is C17H23N3O. The fourth-order valence-electron chi connectivity index (χ4n) is 3.38. The largest absolute Gasteiger partial charge is 0.493 e. The number of para-hydroxylation sites is 1. The van der Waals surface area contributed by atoms with Gasteiger partial charge in [0.25, 0.3) is 0 Å². The molecule has 1 aromatic carbocycles. The van der Waals surface area contributed by atoms with E-state index in [1.54, 1.807) is 0 Å². The standard InChI is InChI=1S/C17H23N3O/c1-2-15(11-18)20-9-7-19(8-10-20)12-14-13-21-17-6-4-3-5-16(14)17/h3-6,14-15H,2,7-10,12-13H2,1H3. The van der Waals surface area contributed by atoms with E-state index >= 15 is 0 Å². The lowest BCUT2D eigenvalue weighted by molar-refractivity contribution is 0.105. The zero-order valence-electron chi connectivity index (χ0n) is 12.7. The number of benzene rings is 1. The van der Waals surface area contributed by atoms with E-state index in [1.807, 2.05) is 6.07 Å². The fourth-order valence-corrected chi connectivity index (χ4v) is 3.38. The summed E-state index contributed by atoms with van der Waals surface area (Å²) in [5.74, 6) is 1.54. The average Bonchev–Trinajstić information content (AvgIpc) is 2.93. The van der Waals surface area contributed by atoms with Gasteiger partial charge in [-0.3, -0.25) is 4.90 Å². The molecule has 1 fully saturated rings. The molecule has 2 aliphatic heterocycles. The Morgan fingerprint density at radius 1 is 1.29 bits per heavy atom. The maximum Gasteiger partial charge on any atom is 0.122 e. The first-order valence-corrected chi connectivity index (χ1v) is 7.89. The van der Waals surface area contributed by atoms with Crippen LogP contribution >= 0.6 is 0 Å². The zero-order chi connectivity index (χ0) is 14.7. The van der Waals surface area contributed by atoms with Crippen molar-refractivity contribution in [3.63, 3.8) is 0 Å². The van der Waals surface area contributed by atoms with Gasteiger partial charge < -0.3 is 9.64 Å². The van der Waals surface area contributed by atoms with Gasteiger partial charge in [-0.2, -0.15) is 5.26 Å². The summed E-state index contributed by atoms with van der Waals surface area (Å²) in [6, 6.07) is 10.9. The summed E-state index contributed by atoms with van der Waals surface area (Å²) in [6.45, 7) is 8.06. The number of piperazine rings is 1. The third kappa shape index (κ3) is 3.04. The van der Waals surface area contributed by atoms with Crippen molar-refractivity contribution < 1.29 is 4.74 Å². The van der Waals surface area contributed by atoms with Crippen LogP contribution in [0.25, 0.3) is 0 Å². The van der Waals surface area contributed by atoms with Gasteiger partial charge in [0.15, 0.2) is 0 Å². The van der Waals surface area contributed by atoms with Crippen molar-refractivity contribution in [3.05, 3.63) is 29.8 Å². The van der Waals surface area contributed by atoms with Gasteiger partial charge in [0.1, 0.15) is 5.75 Å². The quantitative estimate of drug-likeness (QED) is 0.849. The molecule has 2 atom stereocenters. The highest BCUT2D eigenvalue weighted by atomic mass is 16.5. The Morgan fingerprint density at radius 2 is 2.05 bits per heavy atom. The normalized spacial score (nSPS) is 24.1. The first-order valence-electron chi connectivity index (χ1n) is 7.89. The smallest absolute Gasteiger partial charge is 0.122 e. The lowest BCUT2D eigenvalue weighted by Crippen LogP contribution is -2.50. The van der Waals surface area contributed by atoms with Gasteiger partial charge in [0, 0.05) is 44.2 Å². The molecule has 0 radical (unpaired) electrons. The Hall–Kier alpha value is -1.57. The van der Waals surface area contributed by atoms with E-state index in [0.717, 1.165) is 51.5 Å². The summed E-state index contributed by atoms with van der Waals surface area (Å²) in [6.07, 6.45) is 0.917. The van der Waals surface area contributed by atoms with Gasteiger partial charge in [-0.1, -0.05) is 25.1 Å². The van der Waals surface area contributed by atoms with Crippen molar-refractivity contribution in [2.24, 2.45) is 0 Å². The van der Waals surface area contributed by atoms with E-state index in [-0.39, 0.29) is 6.04 Å². The average molecular weight is 285 g/mol. The van der Waals surface area contributed by atoms with E-state index in [0.29, 0.717) is 5.92 Å². The molecule has 4 nitrogen and oxygen atoms in total. The number of rotatable bonds is 4. The van der Waals surface area contributed by atoms with Gasteiger partial charge in [-0.05, 0) is 12.5 Å². The SMILES string of the molecule is CCC(C#N)N1CCN(CC2COc3ccccc32)CC1. The van der Waals surface area contributed by atoms with Crippen molar-refractivity contribution in [1.29, 1.82) is 5.26 Å². The minimum atomic E-state index is 0.0858. The number of hydrogen-bond acceptors (Lipinski definition) is 4. The number of hydrogen-bond donors (Lipinski definition) is 0. The monoisotopic (exact) mass is 285 g/mol. The van der Waals surface area contributed by atoms with E-state index in [4.69, 9.17) is 10.00 Å². The topological polar surface area (TPSA) is 39.5 Å². The molecule has 0 spiro atoms. The van der Waals surface area contributed by atoms with Crippen LogP contribution in [0.5, 0.6) is 5.75 Å². The molecule has 0 aromatic heterocycles. The predicted molar refractivity (Wildman–Crippen MR) is 82.4 cm³/mol. The van der Waals surface area contributed by atoms with Gasteiger partial charge in [-0.25, -0.2) is 0 Å². The Balaban J connectivity index is 1.54. The van der Waals surface area contributed by atoms with Crippen molar-refractivity contribution in [2.75, 3.05) is 39.3 Å². The number of fused-ring (bicyclic) bond motifs is 1. The van der Waals surface area contributed by atoms with Crippen LogP contribution in [0.2, 0.25) is 0 Å². The molecule has 1 aromatic rings. The van der Waals surface area contributed by atoms with E-state index in [2.05, 4.69) is 41.0 Å². The second kappa shape index (κ2) is 6.46. The van der Waals surface area contributed by atoms with Gasteiger partial charge in [0.2, 0.25) is 0 Å². The van der Waals surface area contributed by atoms with E-state index in [9.17, 15) is 0 Å². The third-order valence-corrected chi connectivity index (χ3v) is 4.66. The summed E-state index contributed by atoms with van der Waals surface area (Å²) in [7, 11) is 0. The lowest BCUT2D eigenvalue weighted by atomic mass is 10.0. The van der Waals surface area contributed by atoms with Crippen molar-refractivity contribution >= 4 is 0 Å². The molecule has 21 heavy (non-hydrogen) atoms. The van der Waals surface area contributed by atoms with Crippen LogP contribution in [0.4, 0.5) is 0 Å². The number of nitriles is 1. The Morgan fingerprint density at radius 3 is 2.76 bits per heavy atom. The second-order valence-corrected chi connectivity index (χ2v) is 5.94. The van der Waals surface area contributed by atoms with Gasteiger partial charge in [-0.15, -0.1) is 0 Å². The summed E-state index contributed by atoms with van der Waals surface area (Å²) >= 11 is 0. The van der Waals surface area contributed by atoms with E-state index in [1.165, 1.54) is 5.56 Å². The van der Waals surface area contributed by atoms with Crippen LogP contribution in [0.3, 0.4) is 0 Å². The summed E-state index contributed by atoms with van der Waals surface area (Å²) in [5.41, 5.74) is 1.35. The Bertz CT molecular complexity index is 517. The molecule has 2 heterocycles. The molecule has 3 rings (SSSR count). The summed E-state index contributed by atoms with van der Waals surface area (Å²) < 4.78 is 5.77. The summed E-state index contributed by atoms with van der Waals surface area (Å²) in [5, 5.41) is 9.16. The molecule has 112 valence electrons. The highest BCUT2D eigenvalue weighted by Crippen LogP contribution is 2.34.